The summed E-state index contributed by atoms with van der Waals surface area (Å²) in [6.07, 6.45) is -1.05. The first kappa shape index (κ1) is 13.7. The molecule has 3 rings (SSSR count). The molecule has 1 nitrogen and oxygen atoms in total. The minimum absolute atomic E-state index is 0.166. The van der Waals surface area contributed by atoms with Gasteiger partial charge in [0.25, 0.3) is 0 Å². The van der Waals surface area contributed by atoms with Crippen molar-refractivity contribution in [3.8, 4) is 0 Å². The summed E-state index contributed by atoms with van der Waals surface area (Å²) in [4.78, 5) is 0. The second-order valence-electron chi connectivity index (χ2n) is 4.99. The van der Waals surface area contributed by atoms with E-state index < -0.39 is 17.7 Å². The minimum atomic E-state index is -1.21. The van der Waals surface area contributed by atoms with E-state index in [1.807, 2.05) is 42.5 Å². The van der Waals surface area contributed by atoms with Gasteiger partial charge in [-0.25, -0.2) is 8.78 Å². The van der Waals surface area contributed by atoms with Gasteiger partial charge in [0.15, 0.2) is 0 Å². The molecule has 0 aromatic heterocycles. The fraction of sp³-hybridized carbons (Fsp3) is 0.111. The van der Waals surface area contributed by atoms with Crippen molar-refractivity contribution in [1.29, 1.82) is 0 Å². The maximum Gasteiger partial charge on any atom is 0.131 e. The lowest BCUT2D eigenvalue weighted by Crippen LogP contribution is -2.07. The molecular formula is C18H14F2O. The Hall–Kier alpha value is -2.26. The number of hydrogen-bond donors (Lipinski definition) is 1. The summed E-state index contributed by atoms with van der Waals surface area (Å²) < 4.78 is 27.4. The Morgan fingerprint density at radius 1 is 0.810 bits per heavy atom. The highest BCUT2D eigenvalue weighted by atomic mass is 19.1. The zero-order valence-corrected chi connectivity index (χ0v) is 11.3. The molecule has 21 heavy (non-hydrogen) atoms. The molecule has 0 fully saturated rings. The van der Waals surface area contributed by atoms with Gasteiger partial charge in [-0.15, -0.1) is 0 Å². The Morgan fingerprint density at radius 3 is 2.19 bits per heavy atom. The van der Waals surface area contributed by atoms with Crippen LogP contribution in [-0.4, -0.2) is 5.11 Å². The van der Waals surface area contributed by atoms with Gasteiger partial charge in [-0.2, -0.15) is 0 Å². The number of fused-ring (bicyclic) bond motifs is 1. The molecule has 1 N–H and O–H groups in total. The van der Waals surface area contributed by atoms with Crippen molar-refractivity contribution in [1.82, 2.24) is 0 Å². The first-order chi connectivity index (χ1) is 10.2. The molecule has 0 saturated carbocycles. The third-order valence-corrected chi connectivity index (χ3v) is 3.63. The zero-order chi connectivity index (χ0) is 14.8. The van der Waals surface area contributed by atoms with Gasteiger partial charge >= 0.3 is 0 Å². The average Bonchev–Trinajstić information content (AvgIpc) is 2.47. The van der Waals surface area contributed by atoms with Crippen molar-refractivity contribution in [2.45, 2.75) is 12.5 Å². The van der Waals surface area contributed by atoms with Crippen LogP contribution in [0.5, 0.6) is 0 Å². The lowest BCUT2D eigenvalue weighted by molar-refractivity contribution is 0.169. The average molecular weight is 284 g/mol. The van der Waals surface area contributed by atoms with E-state index >= 15 is 0 Å². The van der Waals surface area contributed by atoms with E-state index in [9.17, 15) is 13.9 Å². The number of benzene rings is 3. The van der Waals surface area contributed by atoms with E-state index in [0.29, 0.717) is 0 Å². The van der Waals surface area contributed by atoms with E-state index in [4.69, 9.17) is 0 Å². The second-order valence-corrected chi connectivity index (χ2v) is 4.99. The molecule has 1 unspecified atom stereocenters. The molecule has 0 aliphatic heterocycles. The smallest absolute Gasteiger partial charge is 0.131 e. The van der Waals surface area contributed by atoms with Gasteiger partial charge in [-0.05, 0) is 28.5 Å². The van der Waals surface area contributed by atoms with Crippen LogP contribution in [0.1, 0.15) is 17.2 Å². The van der Waals surface area contributed by atoms with E-state index in [0.717, 1.165) is 28.5 Å². The summed E-state index contributed by atoms with van der Waals surface area (Å²) in [5.74, 6) is -1.44. The number of aliphatic hydroxyl groups is 1. The van der Waals surface area contributed by atoms with Crippen molar-refractivity contribution >= 4 is 10.8 Å². The molecule has 0 spiro atoms. The highest BCUT2D eigenvalue weighted by Crippen LogP contribution is 2.27. The number of rotatable bonds is 3. The Labute approximate surface area is 121 Å². The first-order valence-corrected chi connectivity index (χ1v) is 6.75. The maximum absolute atomic E-state index is 13.7. The lowest BCUT2D eigenvalue weighted by atomic mass is 9.96. The molecule has 0 bridgehead atoms. The Kier molecular flexibility index (Phi) is 3.67. The van der Waals surface area contributed by atoms with Gasteiger partial charge in [-0.3, -0.25) is 0 Å². The molecule has 3 heteroatoms. The van der Waals surface area contributed by atoms with Gasteiger partial charge in [0, 0.05) is 6.42 Å². The van der Waals surface area contributed by atoms with E-state index in [2.05, 4.69) is 0 Å². The quantitative estimate of drug-likeness (QED) is 0.756. The molecule has 0 heterocycles. The molecule has 0 radical (unpaired) electrons. The summed E-state index contributed by atoms with van der Waals surface area (Å²) in [7, 11) is 0. The van der Waals surface area contributed by atoms with Crippen LogP contribution in [0.15, 0.2) is 60.7 Å². The van der Waals surface area contributed by atoms with Crippen molar-refractivity contribution < 1.29 is 13.9 Å². The Bertz CT molecular complexity index is 758. The number of hydrogen-bond acceptors (Lipinski definition) is 1. The highest BCUT2D eigenvalue weighted by molar-refractivity contribution is 5.85. The third kappa shape index (κ3) is 2.65. The summed E-state index contributed by atoms with van der Waals surface area (Å²) >= 11 is 0. The molecule has 0 saturated heterocycles. The molecule has 106 valence electrons. The second kappa shape index (κ2) is 5.62. The van der Waals surface area contributed by atoms with E-state index in [1.165, 1.54) is 6.07 Å². The monoisotopic (exact) mass is 284 g/mol. The van der Waals surface area contributed by atoms with E-state index in [1.54, 1.807) is 0 Å². The van der Waals surface area contributed by atoms with Gasteiger partial charge < -0.3 is 5.11 Å². The fourth-order valence-electron chi connectivity index (χ4n) is 2.61. The summed E-state index contributed by atoms with van der Waals surface area (Å²) in [6.45, 7) is 0. The van der Waals surface area contributed by atoms with Crippen LogP contribution in [-0.2, 0) is 6.42 Å². The summed E-state index contributed by atoms with van der Waals surface area (Å²) in [5.41, 5.74) is 0.591. The van der Waals surface area contributed by atoms with Gasteiger partial charge in [0.2, 0.25) is 0 Å². The Balaban J connectivity index is 1.99. The van der Waals surface area contributed by atoms with Crippen LogP contribution in [0.4, 0.5) is 8.78 Å². The van der Waals surface area contributed by atoms with Crippen LogP contribution >= 0.6 is 0 Å². The molecule has 3 aromatic rings. The lowest BCUT2D eigenvalue weighted by Gasteiger charge is -2.14. The zero-order valence-electron chi connectivity index (χ0n) is 11.3. The largest absolute Gasteiger partial charge is 0.388 e. The van der Waals surface area contributed by atoms with Crippen LogP contribution in [0.3, 0.4) is 0 Å². The SMILES string of the molecule is OC(Cc1cccc2ccccc12)c1c(F)cccc1F. The first-order valence-electron chi connectivity index (χ1n) is 6.75. The predicted octanol–water partition coefficient (Wildman–Crippen LogP) is 4.39. The van der Waals surface area contributed by atoms with Crippen LogP contribution in [0.2, 0.25) is 0 Å². The number of aliphatic hydroxyl groups excluding tert-OH is 1. The highest BCUT2D eigenvalue weighted by Gasteiger charge is 2.18. The summed E-state index contributed by atoms with van der Waals surface area (Å²) in [5, 5.41) is 12.2. The van der Waals surface area contributed by atoms with Crippen LogP contribution < -0.4 is 0 Å². The molecular weight excluding hydrogens is 270 g/mol. The van der Waals surface area contributed by atoms with Crippen molar-refractivity contribution in [3.05, 3.63) is 83.4 Å². The van der Waals surface area contributed by atoms with Crippen LogP contribution in [0, 0.1) is 11.6 Å². The predicted molar refractivity (Wildman–Crippen MR) is 79.0 cm³/mol. The van der Waals surface area contributed by atoms with E-state index in [-0.39, 0.29) is 12.0 Å². The molecule has 0 aliphatic carbocycles. The van der Waals surface area contributed by atoms with Crippen molar-refractivity contribution in [3.63, 3.8) is 0 Å². The van der Waals surface area contributed by atoms with Gasteiger partial charge in [0.05, 0.1) is 11.7 Å². The van der Waals surface area contributed by atoms with Crippen LogP contribution in [0.25, 0.3) is 10.8 Å². The third-order valence-electron chi connectivity index (χ3n) is 3.63. The van der Waals surface area contributed by atoms with Gasteiger partial charge in [0.1, 0.15) is 11.6 Å². The minimum Gasteiger partial charge on any atom is -0.388 e. The Morgan fingerprint density at radius 2 is 1.43 bits per heavy atom. The molecule has 1 atom stereocenters. The standard InChI is InChI=1S/C18H14F2O/c19-15-9-4-10-16(20)18(15)17(21)11-13-7-3-6-12-5-1-2-8-14(12)13/h1-10,17,21H,11H2. The summed E-state index contributed by atoms with van der Waals surface area (Å²) in [6, 6.07) is 17.1. The van der Waals surface area contributed by atoms with Crippen molar-refractivity contribution in [2.24, 2.45) is 0 Å². The topological polar surface area (TPSA) is 20.2 Å². The maximum atomic E-state index is 13.7. The molecule has 0 aliphatic rings. The normalized spacial score (nSPS) is 12.5. The van der Waals surface area contributed by atoms with Gasteiger partial charge in [-0.1, -0.05) is 48.5 Å². The number of halogens is 2. The molecule has 0 amide bonds. The molecule has 3 aromatic carbocycles. The van der Waals surface area contributed by atoms with Crippen molar-refractivity contribution in [2.75, 3.05) is 0 Å². The fourth-order valence-corrected chi connectivity index (χ4v) is 2.61.